The highest BCUT2D eigenvalue weighted by molar-refractivity contribution is 5.97. The summed E-state index contributed by atoms with van der Waals surface area (Å²) in [7, 11) is 0. The first-order valence-electron chi connectivity index (χ1n) is 12.3. The lowest BCUT2D eigenvalue weighted by atomic mass is 9.91. The molecule has 0 bridgehead atoms. The molecule has 1 aromatic carbocycles. The number of aliphatic hydroxyl groups excluding tert-OH is 1. The number of fused-ring (bicyclic) bond motifs is 1. The van der Waals surface area contributed by atoms with Crippen molar-refractivity contribution in [2.24, 2.45) is 0 Å². The summed E-state index contributed by atoms with van der Waals surface area (Å²) >= 11 is 0. The van der Waals surface area contributed by atoms with E-state index in [1.54, 1.807) is 4.90 Å². The Hall–Kier alpha value is -2.41. The molecule has 1 aliphatic heterocycles. The van der Waals surface area contributed by atoms with Gasteiger partial charge in [0, 0.05) is 19.1 Å². The van der Waals surface area contributed by atoms with Gasteiger partial charge in [-0.15, -0.1) is 0 Å². The Labute approximate surface area is 188 Å². The fourth-order valence-corrected chi connectivity index (χ4v) is 5.85. The topological polar surface area (TPSA) is 89.5 Å². The number of hydrogen-bond donors (Lipinski definition) is 2. The van der Waals surface area contributed by atoms with Gasteiger partial charge in [0.15, 0.2) is 5.82 Å². The van der Waals surface area contributed by atoms with E-state index in [4.69, 9.17) is 4.98 Å². The molecule has 1 saturated heterocycles. The highest BCUT2D eigenvalue weighted by Crippen LogP contribution is 2.49. The van der Waals surface area contributed by atoms with Gasteiger partial charge < -0.3 is 19.9 Å². The van der Waals surface area contributed by atoms with Gasteiger partial charge in [-0.05, 0) is 92.9 Å². The number of piperazine rings is 1. The zero-order valence-corrected chi connectivity index (χ0v) is 18.8. The first-order chi connectivity index (χ1) is 15.5. The van der Waals surface area contributed by atoms with Gasteiger partial charge in [-0.3, -0.25) is 9.59 Å². The minimum Gasteiger partial charge on any atom is -0.393 e. The molecule has 1 aromatic heterocycles. The Bertz CT molecular complexity index is 1080. The molecular formula is C25H32N4O3. The fourth-order valence-electron chi connectivity index (χ4n) is 5.85. The first-order valence-corrected chi connectivity index (χ1v) is 12.3. The number of carbonyl (C=O) groups excluding carboxylic acids is 2. The molecule has 2 amide bonds. The van der Waals surface area contributed by atoms with Crippen LogP contribution < -0.4 is 0 Å². The van der Waals surface area contributed by atoms with Crippen molar-refractivity contribution in [2.75, 3.05) is 19.6 Å². The number of aliphatic hydroxyl groups is 1. The lowest BCUT2D eigenvalue weighted by Gasteiger charge is -2.41. The molecule has 0 atom stereocenters. The Balaban J connectivity index is 1.23. The minimum absolute atomic E-state index is 0.00707. The van der Waals surface area contributed by atoms with E-state index < -0.39 is 0 Å². The van der Waals surface area contributed by atoms with Crippen molar-refractivity contribution in [1.29, 1.82) is 0 Å². The lowest BCUT2D eigenvalue weighted by molar-refractivity contribution is -0.138. The van der Waals surface area contributed by atoms with E-state index in [9.17, 15) is 14.7 Å². The van der Waals surface area contributed by atoms with E-state index >= 15 is 0 Å². The number of aromatic nitrogens is 2. The zero-order chi connectivity index (χ0) is 22.0. The fraction of sp³-hybridized carbons (Fsp3) is 0.640. The molecule has 0 spiro atoms. The Morgan fingerprint density at radius 1 is 1.06 bits per heavy atom. The second-order valence-corrected chi connectivity index (χ2v) is 10.3. The van der Waals surface area contributed by atoms with Crippen LogP contribution in [0.1, 0.15) is 90.5 Å². The molecule has 2 heterocycles. The van der Waals surface area contributed by atoms with E-state index in [-0.39, 0.29) is 30.5 Å². The quantitative estimate of drug-likeness (QED) is 0.770. The lowest BCUT2D eigenvalue weighted by Crippen LogP contribution is -2.56. The number of H-pyrrole nitrogens is 1. The molecular weight excluding hydrogens is 404 g/mol. The molecule has 0 radical (unpaired) electrons. The van der Waals surface area contributed by atoms with Gasteiger partial charge in [-0.25, -0.2) is 4.98 Å². The van der Waals surface area contributed by atoms with Crippen LogP contribution in [-0.4, -0.2) is 68.5 Å². The maximum Gasteiger partial charge on any atom is 0.290 e. The third-order valence-electron chi connectivity index (χ3n) is 7.98. The summed E-state index contributed by atoms with van der Waals surface area (Å²) in [5, 5.41) is 9.75. The van der Waals surface area contributed by atoms with Gasteiger partial charge in [-0.1, -0.05) is 0 Å². The number of carbonyl (C=O) groups is 2. The predicted octanol–water partition coefficient (Wildman–Crippen LogP) is 3.21. The van der Waals surface area contributed by atoms with E-state index in [2.05, 4.69) is 18.0 Å². The van der Waals surface area contributed by atoms with Gasteiger partial charge >= 0.3 is 0 Å². The van der Waals surface area contributed by atoms with Crippen LogP contribution in [0.25, 0.3) is 11.0 Å². The van der Waals surface area contributed by atoms with Crippen molar-refractivity contribution >= 4 is 22.8 Å². The molecule has 7 nitrogen and oxygen atoms in total. The average molecular weight is 437 g/mol. The van der Waals surface area contributed by atoms with Gasteiger partial charge in [0.25, 0.3) is 5.91 Å². The maximum absolute atomic E-state index is 13.3. The normalized spacial score (nSPS) is 26.8. The second kappa shape index (κ2) is 7.58. The van der Waals surface area contributed by atoms with Crippen molar-refractivity contribution in [3.63, 3.8) is 0 Å². The summed E-state index contributed by atoms with van der Waals surface area (Å²) < 4.78 is 0. The third kappa shape index (κ3) is 3.51. The van der Waals surface area contributed by atoms with Gasteiger partial charge in [0.1, 0.15) is 6.54 Å². The highest BCUT2D eigenvalue weighted by Gasteiger charge is 2.36. The minimum atomic E-state index is -0.234. The summed E-state index contributed by atoms with van der Waals surface area (Å²) in [6, 6.07) is 2.40. The predicted molar refractivity (Wildman–Crippen MR) is 121 cm³/mol. The maximum atomic E-state index is 13.3. The monoisotopic (exact) mass is 436 g/mol. The van der Waals surface area contributed by atoms with Crippen molar-refractivity contribution < 1.29 is 14.7 Å². The first kappa shape index (κ1) is 20.2. The van der Waals surface area contributed by atoms with Crippen LogP contribution in [0.3, 0.4) is 0 Å². The van der Waals surface area contributed by atoms with Crippen molar-refractivity contribution in [2.45, 2.75) is 82.3 Å². The van der Waals surface area contributed by atoms with Crippen LogP contribution in [0.15, 0.2) is 6.07 Å². The summed E-state index contributed by atoms with van der Waals surface area (Å²) in [5.41, 5.74) is 6.04. The number of aromatic amines is 1. The smallest absolute Gasteiger partial charge is 0.290 e. The number of amides is 2. The Kier molecular flexibility index (Phi) is 4.79. The number of rotatable bonds is 4. The zero-order valence-electron chi connectivity index (χ0n) is 18.8. The van der Waals surface area contributed by atoms with Crippen LogP contribution in [-0.2, 0) is 4.79 Å². The van der Waals surface area contributed by atoms with Gasteiger partial charge in [0.2, 0.25) is 5.91 Å². The molecule has 2 N–H and O–H groups in total. The van der Waals surface area contributed by atoms with E-state index in [1.165, 1.54) is 42.4 Å². The Morgan fingerprint density at radius 3 is 2.44 bits per heavy atom. The van der Waals surface area contributed by atoms with Crippen LogP contribution in [0.4, 0.5) is 0 Å². The second-order valence-electron chi connectivity index (χ2n) is 10.3. The molecule has 3 saturated carbocycles. The molecule has 4 aliphatic rings. The summed E-state index contributed by atoms with van der Waals surface area (Å²) in [6.07, 6.45) is 7.87. The summed E-state index contributed by atoms with van der Waals surface area (Å²) in [5.74, 6) is 1.41. The molecule has 7 heteroatoms. The molecule has 2 aromatic rings. The number of nitrogens with zero attached hydrogens (tertiary/aromatic N) is 3. The molecule has 3 aliphatic carbocycles. The largest absolute Gasteiger partial charge is 0.393 e. The van der Waals surface area contributed by atoms with Crippen molar-refractivity contribution in [3.8, 4) is 0 Å². The number of hydrogen-bond acceptors (Lipinski definition) is 4. The van der Waals surface area contributed by atoms with Gasteiger partial charge in [0.05, 0.1) is 17.1 Å². The SMILES string of the molecule is Cc1c(C2CC2)cc2[nH]c(C(=O)N3CCN(C4CCC(O)CC4)C(=O)C3)nc2c1C1CC1. The average Bonchev–Trinajstić information content (AvgIpc) is 3.71. The van der Waals surface area contributed by atoms with Gasteiger partial charge in [-0.2, -0.15) is 0 Å². The molecule has 4 fully saturated rings. The molecule has 0 unspecified atom stereocenters. The Morgan fingerprint density at radius 2 is 1.78 bits per heavy atom. The number of imidazole rings is 1. The highest BCUT2D eigenvalue weighted by atomic mass is 16.3. The summed E-state index contributed by atoms with van der Waals surface area (Å²) in [4.78, 5) is 37.8. The number of nitrogens with one attached hydrogen (secondary N) is 1. The molecule has 170 valence electrons. The van der Waals surface area contributed by atoms with Crippen LogP contribution in [0.2, 0.25) is 0 Å². The standard InChI is InChI=1S/C25H32N4O3/c1-14-19(15-2-3-15)12-20-23(22(14)16-4-5-16)27-24(26-20)25(32)28-10-11-29(21(31)13-28)17-6-8-18(30)9-7-17/h12,15-18,30H,2-11,13H2,1H3,(H,26,27). The van der Waals surface area contributed by atoms with Crippen LogP contribution in [0, 0.1) is 6.92 Å². The number of benzene rings is 1. The van der Waals surface area contributed by atoms with Crippen LogP contribution in [0.5, 0.6) is 0 Å². The van der Waals surface area contributed by atoms with E-state index in [1.807, 2.05) is 4.90 Å². The third-order valence-corrected chi connectivity index (χ3v) is 7.98. The van der Waals surface area contributed by atoms with E-state index in [0.29, 0.717) is 30.7 Å². The van der Waals surface area contributed by atoms with Crippen LogP contribution >= 0.6 is 0 Å². The van der Waals surface area contributed by atoms with Crippen molar-refractivity contribution in [3.05, 3.63) is 28.6 Å². The molecule has 32 heavy (non-hydrogen) atoms. The van der Waals surface area contributed by atoms with Crippen molar-refractivity contribution in [1.82, 2.24) is 19.8 Å². The molecule has 6 rings (SSSR count). The van der Waals surface area contributed by atoms with E-state index in [0.717, 1.165) is 36.7 Å². The summed E-state index contributed by atoms with van der Waals surface area (Å²) in [6.45, 7) is 3.42.